The van der Waals surface area contributed by atoms with Gasteiger partial charge >= 0.3 is 0 Å². The second kappa shape index (κ2) is 7.43. The lowest BCUT2D eigenvalue weighted by molar-refractivity contribution is -0.380. The second-order valence-corrected chi connectivity index (χ2v) is 6.78. The van der Waals surface area contributed by atoms with E-state index < -0.39 is 0 Å². The van der Waals surface area contributed by atoms with Gasteiger partial charge in [0.05, 0.1) is 23.4 Å². The fourth-order valence-corrected chi connectivity index (χ4v) is 1.02. The monoisotopic (exact) mass is 262 g/mol. The van der Waals surface area contributed by atoms with Crippen LogP contribution in [0.1, 0.15) is 68.2 Å². The fraction of sp³-hybridized carbons (Fsp3) is 1.00. The molecule has 0 rings (SSSR count). The zero-order valence-electron chi connectivity index (χ0n) is 13.2. The average molecular weight is 262 g/mol. The first-order valence-electron chi connectivity index (χ1n) is 6.68. The molecule has 18 heavy (non-hydrogen) atoms. The van der Waals surface area contributed by atoms with Crippen molar-refractivity contribution in [3.05, 3.63) is 0 Å². The van der Waals surface area contributed by atoms with Crippen molar-refractivity contribution >= 4 is 0 Å². The molecule has 0 aromatic carbocycles. The van der Waals surface area contributed by atoms with Crippen molar-refractivity contribution in [2.24, 2.45) is 0 Å². The van der Waals surface area contributed by atoms with Crippen LogP contribution in [0.25, 0.3) is 0 Å². The van der Waals surface area contributed by atoms with E-state index in [2.05, 4.69) is 0 Å². The molecular formula is C14H30O4. The molecule has 0 heterocycles. The van der Waals surface area contributed by atoms with Gasteiger partial charge in [0.2, 0.25) is 0 Å². The quantitative estimate of drug-likeness (QED) is 0.512. The first kappa shape index (κ1) is 17.8. The minimum atomic E-state index is -0.272. The van der Waals surface area contributed by atoms with Gasteiger partial charge in [-0.05, 0) is 68.2 Å². The summed E-state index contributed by atoms with van der Waals surface area (Å²) in [7, 11) is 0. The molecule has 0 aromatic rings. The molecule has 0 saturated heterocycles. The topological polar surface area (TPSA) is 36.9 Å². The summed E-state index contributed by atoms with van der Waals surface area (Å²) in [5.41, 5.74) is -0.544. The van der Waals surface area contributed by atoms with Crippen LogP contribution in [-0.4, -0.2) is 23.4 Å². The Morgan fingerprint density at radius 3 is 1.17 bits per heavy atom. The van der Waals surface area contributed by atoms with Crippen molar-refractivity contribution in [3.63, 3.8) is 0 Å². The maximum Gasteiger partial charge on any atom is 0.0952 e. The number of rotatable bonds is 7. The van der Waals surface area contributed by atoms with E-state index in [-0.39, 0.29) is 23.4 Å². The Labute approximate surface area is 112 Å². The Bertz CT molecular complexity index is 191. The van der Waals surface area contributed by atoms with Gasteiger partial charge in [0.25, 0.3) is 0 Å². The van der Waals surface area contributed by atoms with Gasteiger partial charge in [0.1, 0.15) is 0 Å². The molecule has 2 atom stereocenters. The Balaban J connectivity index is 3.68. The van der Waals surface area contributed by atoms with Gasteiger partial charge in [0.15, 0.2) is 0 Å². The molecule has 110 valence electrons. The Morgan fingerprint density at radius 1 is 0.667 bits per heavy atom. The van der Waals surface area contributed by atoms with E-state index in [9.17, 15) is 0 Å². The number of hydrogen-bond donors (Lipinski definition) is 0. The Kier molecular flexibility index (Phi) is 7.37. The molecular weight excluding hydrogens is 232 g/mol. The minimum Gasteiger partial charge on any atom is -0.233 e. The van der Waals surface area contributed by atoms with E-state index in [1.165, 1.54) is 0 Å². The largest absolute Gasteiger partial charge is 0.233 e. The minimum absolute atomic E-state index is 0.0462. The molecule has 0 aromatic heterocycles. The molecule has 0 radical (unpaired) electrons. The van der Waals surface area contributed by atoms with Gasteiger partial charge in [0, 0.05) is 0 Å². The van der Waals surface area contributed by atoms with Gasteiger partial charge in [-0.3, -0.25) is 0 Å². The molecule has 0 amide bonds. The first-order chi connectivity index (χ1) is 7.99. The van der Waals surface area contributed by atoms with E-state index in [0.717, 1.165) is 12.8 Å². The van der Waals surface area contributed by atoms with Crippen LogP contribution < -0.4 is 0 Å². The highest BCUT2D eigenvalue weighted by atomic mass is 17.2. The third-order valence-corrected chi connectivity index (χ3v) is 1.90. The predicted octanol–water partition coefficient (Wildman–Crippen LogP) is 4.04. The Hall–Kier alpha value is -0.160. The summed E-state index contributed by atoms with van der Waals surface area (Å²) < 4.78 is 0. The van der Waals surface area contributed by atoms with Crippen molar-refractivity contribution < 1.29 is 19.6 Å². The molecule has 0 aliphatic carbocycles. The fourth-order valence-electron chi connectivity index (χ4n) is 1.02. The molecule has 0 N–H and O–H groups in total. The highest BCUT2D eigenvalue weighted by molar-refractivity contribution is 4.58. The SMILES string of the molecule is CC(CCC(C)OOC(C)(C)C)OOC(C)(C)C. The molecule has 2 unspecified atom stereocenters. The van der Waals surface area contributed by atoms with E-state index >= 15 is 0 Å². The summed E-state index contributed by atoms with van der Waals surface area (Å²) in [5.74, 6) is 0. The lowest BCUT2D eigenvalue weighted by Gasteiger charge is -2.23. The van der Waals surface area contributed by atoms with Crippen LogP contribution in [0.15, 0.2) is 0 Å². The average Bonchev–Trinajstić information content (AvgIpc) is 2.18. The van der Waals surface area contributed by atoms with Gasteiger partial charge in [-0.15, -0.1) is 0 Å². The smallest absolute Gasteiger partial charge is 0.0952 e. The van der Waals surface area contributed by atoms with Crippen molar-refractivity contribution in [2.45, 2.75) is 91.6 Å². The summed E-state index contributed by atoms with van der Waals surface area (Å²) in [5, 5.41) is 0. The van der Waals surface area contributed by atoms with Crippen LogP contribution in [0.4, 0.5) is 0 Å². The third kappa shape index (κ3) is 12.3. The number of hydrogen-bond acceptors (Lipinski definition) is 4. The van der Waals surface area contributed by atoms with Crippen molar-refractivity contribution in [3.8, 4) is 0 Å². The summed E-state index contributed by atoms with van der Waals surface area (Å²) in [6.45, 7) is 15.7. The first-order valence-corrected chi connectivity index (χ1v) is 6.68. The standard InChI is InChI=1S/C14H30O4/c1-11(15-17-13(3,4)5)9-10-12(2)16-18-14(6,7)8/h11-12H,9-10H2,1-8H3. The predicted molar refractivity (Wildman–Crippen MR) is 72.0 cm³/mol. The van der Waals surface area contributed by atoms with Crippen molar-refractivity contribution in [2.75, 3.05) is 0 Å². The van der Waals surface area contributed by atoms with Crippen LogP contribution in [0, 0.1) is 0 Å². The van der Waals surface area contributed by atoms with Crippen molar-refractivity contribution in [1.29, 1.82) is 0 Å². The molecule has 0 spiro atoms. The van der Waals surface area contributed by atoms with Crippen LogP contribution in [0.3, 0.4) is 0 Å². The van der Waals surface area contributed by atoms with Gasteiger partial charge in [-0.25, -0.2) is 19.6 Å². The highest BCUT2D eigenvalue weighted by Gasteiger charge is 2.17. The second-order valence-electron chi connectivity index (χ2n) is 6.78. The highest BCUT2D eigenvalue weighted by Crippen LogP contribution is 2.15. The maximum atomic E-state index is 5.31. The maximum absolute atomic E-state index is 5.31. The zero-order valence-corrected chi connectivity index (χ0v) is 13.2. The molecule has 0 saturated carbocycles. The molecule has 0 bridgehead atoms. The summed E-state index contributed by atoms with van der Waals surface area (Å²) in [6, 6.07) is 0. The molecule has 0 aliphatic rings. The summed E-state index contributed by atoms with van der Waals surface area (Å²) in [4.78, 5) is 21.1. The normalized spacial score (nSPS) is 16.7. The van der Waals surface area contributed by atoms with Gasteiger partial charge in [-0.1, -0.05) is 0 Å². The molecule has 0 aliphatic heterocycles. The zero-order chi connectivity index (χ0) is 14.4. The van der Waals surface area contributed by atoms with Crippen LogP contribution in [0.2, 0.25) is 0 Å². The summed E-state index contributed by atoms with van der Waals surface area (Å²) in [6.07, 6.45) is 1.82. The third-order valence-electron chi connectivity index (χ3n) is 1.90. The van der Waals surface area contributed by atoms with E-state index in [1.54, 1.807) is 0 Å². The summed E-state index contributed by atoms with van der Waals surface area (Å²) >= 11 is 0. The van der Waals surface area contributed by atoms with Crippen LogP contribution >= 0.6 is 0 Å². The van der Waals surface area contributed by atoms with E-state index in [0.29, 0.717) is 0 Å². The van der Waals surface area contributed by atoms with Gasteiger partial charge < -0.3 is 0 Å². The van der Waals surface area contributed by atoms with Crippen molar-refractivity contribution in [1.82, 2.24) is 0 Å². The van der Waals surface area contributed by atoms with Gasteiger partial charge in [-0.2, -0.15) is 0 Å². The molecule has 4 heteroatoms. The lowest BCUT2D eigenvalue weighted by Crippen LogP contribution is -2.25. The van der Waals surface area contributed by atoms with Crippen LogP contribution in [0.5, 0.6) is 0 Å². The Morgan fingerprint density at radius 2 is 0.944 bits per heavy atom. The van der Waals surface area contributed by atoms with Crippen LogP contribution in [-0.2, 0) is 19.6 Å². The van der Waals surface area contributed by atoms with E-state index in [1.807, 2.05) is 55.4 Å². The van der Waals surface area contributed by atoms with E-state index in [4.69, 9.17) is 19.6 Å². The molecule has 0 fully saturated rings. The molecule has 4 nitrogen and oxygen atoms in total. The lowest BCUT2D eigenvalue weighted by atomic mass is 10.1.